The Balaban J connectivity index is 1.99. The minimum atomic E-state index is -0.0793. The van der Waals surface area contributed by atoms with Crippen LogP contribution in [0.4, 0.5) is 0 Å². The molecule has 1 aromatic carbocycles. The lowest BCUT2D eigenvalue weighted by Gasteiger charge is -2.10. The van der Waals surface area contributed by atoms with Crippen molar-refractivity contribution in [3.05, 3.63) is 64.8 Å². The predicted molar refractivity (Wildman–Crippen MR) is 107 cm³/mol. The Morgan fingerprint density at radius 3 is 2.60 bits per heavy atom. The van der Waals surface area contributed by atoms with E-state index in [0.717, 1.165) is 22.6 Å². The number of rotatable bonds is 4. The van der Waals surface area contributed by atoms with Gasteiger partial charge in [0.25, 0.3) is 5.91 Å². The normalized spacial score (nSPS) is 16.1. The molecular weight excluding hydrogens is 352 g/mol. The quantitative estimate of drug-likeness (QED) is 0.498. The monoisotopic (exact) mass is 370 g/mol. The average molecular weight is 370 g/mol. The molecule has 0 bridgehead atoms. The topological polar surface area (TPSA) is 45.5 Å². The number of thiocarbonyl (C=S) groups is 1. The highest BCUT2D eigenvalue weighted by Crippen LogP contribution is 2.34. The van der Waals surface area contributed by atoms with Gasteiger partial charge in [0.2, 0.25) is 0 Å². The van der Waals surface area contributed by atoms with Crippen LogP contribution >= 0.6 is 24.0 Å². The van der Waals surface area contributed by atoms with Gasteiger partial charge in [0.05, 0.1) is 4.91 Å². The first kappa shape index (κ1) is 17.5. The van der Waals surface area contributed by atoms with Crippen LogP contribution in [0.3, 0.4) is 0 Å². The third-order valence-electron chi connectivity index (χ3n) is 4.05. The summed E-state index contributed by atoms with van der Waals surface area (Å²) in [5, 5.41) is 9.48. The first-order valence-corrected chi connectivity index (χ1v) is 8.99. The Hall–Kier alpha value is -2.31. The molecule has 1 amide bonds. The summed E-state index contributed by atoms with van der Waals surface area (Å²) in [5.74, 6) is 0.154. The summed E-state index contributed by atoms with van der Waals surface area (Å²) < 4.78 is 2.65. The molecule has 3 rings (SSSR count). The molecule has 0 radical (unpaired) electrons. The van der Waals surface area contributed by atoms with E-state index in [1.807, 2.05) is 38.1 Å². The van der Waals surface area contributed by atoms with Gasteiger partial charge in [-0.3, -0.25) is 9.69 Å². The summed E-state index contributed by atoms with van der Waals surface area (Å²) in [4.78, 5) is 14.7. The summed E-state index contributed by atoms with van der Waals surface area (Å²) in [6.07, 6.45) is 3.56. The van der Waals surface area contributed by atoms with Crippen molar-refractivity contribution in [3.8, 4) is 11.4 Å². The van der Waals surface area contributed by atoms with Crippen molar-refractivity contribution in [2.75, 3.05) is 6.54 Å². The molecule has 25 heavy (non-hydrogen) atoms. The van der Waals surface area contributed by atoms with Crippen molar-refractivity contribution >= 4 is 40.3 Å². The van der Waals surface area contributed by atoms with Crippen molar-refractivity contribution < 1.29 is 9.90 Å². The van der Waals surface area contributed by atoms with E-state index in [-0.39, 0.29) is 11.7 Å². The van der Waals surface area contributed by atoms with Crippen LogP contribution in [-0.2, 0) is 4.79 Å². The average Bonchev–Trinajstić information content (AvgIpc) is 3.00. The summed E-state index contributed by atoms with van der Waals surface area (Å²) in [5.41, 5.74) is 4.02. The highest BCUT2D eigenvalue weighted by molar-refractivity contribution is 8.26. The maximum absolute atomic E-state index is 12.5. The molecule has 0 unspecified atom stereocenters. The number of carbonyl (C=O) groups excluding carboxylic acids is 1. The smallest absolute Gasteiger partial charge is 0.266 e. The number of hydrogen-bond acceptors (Lipinski definition) is 4. The van der Waals surface area contributed by atoms with Crippen molar-refractivity contribution in [1.82, 2.24) is 9.47 Å². The number of hydrogen-bond donors (Lipinski definition) is 1. The molecule has 0 spiro atoms. The van der Waals surface area contributed by atoms with Crippen LogP contribution < -0.4 is 0 Å². The molecule has 6 heteroatoms. The standard InChI is InChI=1S/C19H18N2O2S2/c1-4-9-20-18(23)17(25-19(20)24)11-14-10-12(2)21(13(14)3)15-5-7-16(22)8-6-15/h4-8,10-11,22H,1,9H2,2-3H3. The largest absolute Gasteiger partial charge is 0.508 e. The molecule has 1 fully saturated rings. The molecule has 1 saturated heterocycles. The summed E-state index contributed by atoms with van der Waals surface area (Å²) >= 11 is 6.60. The third kappa shape index (κ3) is 3.27. The van der Waals surface area contributed by atoms with Crippen LogP contribution in [-0.4, -0.2) is 31.3 Å². The Morgan fingerprint density at radius 2 is 1.96 bits per heavy atom. The lowest BCUT2D eigenvalue weighted by atomic mass is 10.2. The summed E-state index contributed by atoms with van der Waals surface area (Å²) in [7, 11) is 0. The Labute approximate surface area is 156 Å². The highest BCUT2D eigenvalue weighted by atomic mass is 32.2. The number of carbonyl (C=O) groups is 1. The number of phenolic OH excluding ortho intramolecular Hbond substituents is 1. The minimum Gasteiger partial charge on any atom is -0.508 e. The van der Waals surface area contributed by atoms with Gasteiger partial charge in [-0.25, -0.2) is 0 Å². The van der Waals surface area contributed by atoms with Crippen molar-refractivity contribution in [2.24, 2.45) is 0 Å². The Kier molecular flexibility index (Phi) is 4.83. The SMILES string of the molecule is C=CCN1C(=O)C(=Cc2cc(C)n(-c3ccc(O)cc3)c2C)SC1=S. The second-order valence-electron chi connectivity index (χ2n) is 5.76. The molecule has 0 aliphatic carbocycles. The maximum atomic E-state index is 12.5. The van der Waals surface area contributed by atoms with Crippen LogP contribution in [0.5, 0.6) is 5.75 Å². The highest BCUT2D eigenvalue weighted by Gasteiger charge is 2.31. The van der Waals surface area contributed by atoms with Gasteiger partial charge in [-0.05, 0) is 55.8 Å². The van der Waals surface area contributed by atoms with Gasteiger partial charge in [-0.2, -0.15) is 0 Å². The number of thioether (sulfide) groups is 1. The van der Waals surface area contributed by atoms with E-state index in [1.165, 1.54) is 11.8 Å². The van der Waals surface area contributed by atoms with E-state index in [2.05, 4.69) is 11.1 Å². The first-order valence-electron chi connectivity index (χ1n) is 7.77. The molecule has 128 valence electrons. The second kappa shape index (κ2) is 6.90. The van der Waals surface area contributed by atoms with Crippen LogP contribution in [0.2, 0.25) is 0 Å². The van der Waals surface area contributed by atoms with E-state index >= 15 is 0 Å². The molecule has 0 atom stereocenters. The van der Waals surface area contributed by atoms with E-state index < -0.39 is 0 Å². The zero-order valence-electron chi connectivity index (χ0n) is 14.0. The van der Waals surface area contributed by atoms with E-state index in [0.29, 0.717) is 15.8 Å². The van der Waals surface area contributed by atoms with Crippen molar-refractivity contribution in [2.45, 2.75) is 13.8 Å². The molecule has 4 nitrogen and oxygen atoms in total. The van der Waals surface area contributed by atoms with Crippen molar-refractivity contribution in [1.29, 1.82) is 0 Å². The Bertz CT molecular complexity index is 895. The second-order valence-corrected chi connectivity index (χ2v) is 7.44. The first-order chi connectivity index (χ1) is 11.9. The fourth-order valence-corrected chi connectivity index (χ4v) is 4.13. The number of aromatic hydroxyl groups is 1. The Morgan fingerprint density at radius 1 is 1.28 bits per heavy atom. The van der Waals surface area contributed by atoms with Gasteiger partial charge < -0.3 is 9.67 Å². The van der Waals surface area contributed by atoms with Gasteiger partial charge in [0.15, 0.2) is 0 Å². The molecule has 2 aromatic rings. The fourth-order valence-electron chi connectivity index (χ4n) is 2.86. The predicted octanol–water partition coefficient (Wildman–Crippen LogP) is 4.19. The molecule has 1 aliphatic rings. The molecule has 1 aliphatic heterocycles. The number of amides is 1. The molecule has 0 saturated carbocycles. The zero-order valence-corrected chi connectivity index (χ0v) is 15.7. The number of phenols is 1. The van der Waals surface area contributed by atoms with Gasteiger partial charge in [0.1, 0.15) is 10.1 Å². The van der Waals surface area contributed by atoms with Crippen molar-refractivity contribution in [3.63, 3.8) is 0 Å². The van der Waals surface area contributed by atoms with E-state index in [9.17, 15) is 9.90 Å². The number of benzene rings is 1. The van der Waals surface area contributed by atoms with E-state index in [1.54, 1.807) is 23.1 Å². The number of nitrogens with zero attached hydrogens (tertiary/aromatic N) is 2. The van der Waals surface area contributed by atoms with Gasteiger partial charge in [-0.1, -0.05) is 30.1 Å². The number of aromatic nitrogens is 1. The van der Waals surface area contributed by atoms with Crippen LogP contribution in [0.1, 0.15) is 17.0 Å². The summed E-state index contributed by atoms with van der Waals surface area (Å²) in [6, 6.07) is 9.09. The zero-order chi connectivity index (χ0) is 18.1. The van der Waals surface area contributed by atoms with Gasteiger partial charge in [-0.15, -0.1) is 6.58 Å². The third-order valence-corrected chi connectivity index (χ3v) is 5.43. The van der Waals surface area contributed by atoms with Crippen LogP contribution in [0.25, 0.3) is 11.8 Å². The lowest BCUT2D eigenvalue weighted by Crippen LogP contribution is -2.27. The van der Waals surface area contributed by atoms with Gasteiger partial charge >= 0.3 is 0 Å². The van der Waals surface area contributed by atoms with E-state index in [4.69, 9.17) is 12.2 Å². The minimum absolute atomic E-state index is 0.0793. The molecular formula is C19H18N2O2S2. The van der Waals surface area contributed by atoms with Crippen LogP contribution in [0.15, 0.2) is 47.9 Å². The number of aryl methyl sites for hydroxylation is 1. The molecule has 2 heterocycles. The molecule has 1 aromatic heterocycles. The fraction of sp³-hybridized carbons (Fsp3) is 0.158. The lowest BCUT2D eigenvalue weighted by molar-refractivity contribution is -0.121. The van der Waals surface area contributed by atoms with Gasteiger partial charge in [0, 0.05) is 23.6 Å². The summed E-state index contributed by atoms with van der Waals surface area (Å²) in [6.45, 7) is 8.12. The maximum Gasteiger partial charge on any atom is 0.266 e. The van der Waals surface area contributed by atoms with Crippen LogP contribution in [0, 0.1) is 13.8 Å². The molecule has 1 N–H and O–H groups in total.